The Morgan fingerprint density at radius 1 is 1.14 bits per heavy atom. The summed E-state index contributed by atoms with van der Waals surface area (Å²) in [6, 6.07) is 7.77. The minimum absolute atomic E-state index is 0.0546. The minimum atomic E-state index is -0.123. The lowest BCUT2D eigenvalue weighted by Gasteiger charge is -2.40. The lowest BCUT2D eigenvalue weighted by atomic mass is 9.95. The molecule has 1 aromatic rings. The Balaban J connectivity index is 1.63. The van der Waals surface area contributed by atoms with Crippen molar-refractivity contribution in [1.29, 1.82) is 0 Å². The number of amides is 3. The fraction of sp³-hybridized carbons (Fsp3) is 0.545. The van der Waals surface area contributed by atoms with Gasteiger partial charge in [0.05, 0.1) is 6.04 Å². The van der Waals surface area contributed by atoms with Crippen LogP contribution in [0.25, 0.3) is 0 Å². The third-order valence-electron chi connectivity index (χ3n) is 5.83. The lowest BCUT2D eigenvalue weighted by Crippen LogP contribution is -2.58. The van der Waals surface area contributed by atoms with E-state index in [2.05, 4.69) is 22.1 Å². The van der Waals surface area contributed by atoms with E-state index in [9.17, 15) is 9.59 Å². The van der Waals surface area contributed by atoms with Gasteiger partial charge in [-0.3, -0.25) is 9.69 Å². The molecule has 2 fully saturated rings. The van der Waals surface area contributed by atoms with Crippen LogP contribution in [0.15, 0.2) is 36.9 Å². The van der Waals surface area contributed by atoms with Gasteiger partial charge in [-0.1, -0.05) is 36.6 Å². The van der Waals surface area contributed by atoms with Crippen LogP contribution in [-0.2, 0) is 4.79 Å². The molecule has 28 heavy (non-hydrogen) atoms. The number of piperazine rings is 1. The molecule has 1 aromatic carbocycles. The zero-order valence-electron chi connectivity index (χ0n) is 16.8. The Hall–Kier alpha value is -2.34. The quantitative estimate of drug-likeness (QED) is 0.741. The van der Waals surface area contributed by atoms with Crippen molar-refractivity contribution in [3.63, 3.8) is 0 Å². The Kier molecular flexibility index (Phi) is 7.09. The molecule has 2 aliphatic rings. The largest absolute Gasteiger partial charge is 0.335 e. The van der Waals surface area contributed by atoms with Crippen LogP contribution in [0.4, 0.5) is 10.5 Å². The van der Waals surface area contributed by atoms with Gasteiger partial charge in [0.15, 0.2) is 0 Å². The number of benzene rings is 1. The third kappa shape index (κ3) is 5.13. The van der Waals surface area contributed by atoms with Crippen molar-refractivity contribution in [2.24, 2.45) is 5.92 Å². The molecular formula is C22H32N4O2. The first-order valence-electron chi connectivity index (χ1n) is 10.3. The average molecular weight is 385 g/mol. The number of nitrogens with zero attached hydrogens (tertiary/aromatic N) is 2. The number of nitrogens with one attached hydrogen (secondary N) is 2. The fourth-order valence-electron chi connectivity index (χ4n) is 4.28. The van der Waals surface area contributed by atoms with Crippen LogP contribution >= 0.6 is 0 Å². The van der Waals surface area contributed by atoms with Crippen molar-refractivity contribution in [1.82, 2.24) is 15.1 Å². The molecule has 1 saturated carbocycles. The Morgan fingerprint density at radius 2 is 1.79 bits per heavy atom. The van der Waals surface area contributed by atoms with Crippen LogP contribution in [0, 0.1) is 12.8 Å². The van der Waals surface area contributed by atoms with Crippen molar-refractivity contribution in [3.8, 4) is 0 Å². The maximum atomic E-state index is 13.2. The van der Waals surface area contributed by atoms with Crippen LogP contribution in [-0.4, -0.2) is 60.5 Å². The first kappa shape index (κ1) is 20.4. The number of carbonyl (C=O) groups is 2. The maximum absolute atomic E-state index is 13.2. The van der Waals surface area contributed by atoms with Crippen molar-refractivity contribution in [2.75, 3.05) is 38.0 Å². The fourth-order valence-corrected chi connectivity index (χ4v) is 4.28. The van der Waals surface area contributed by atoms with Crippen LogP contribution in [0.2, 0.25) is 0 Å². The van der Waals surface area contributed by atoms with Gasteiger partial charge in [-0.15, -0.1) is 6.58 Å². The molecule has 1 aliphatic carbocycles. The zero-order valence-corrected chi connectivity index (χ0v) is 16.8. The van der Waals surface area contributed by atoms with E-state index in [4.69, 9.17) is 0 Å². The summed E-state index contributed by atoms with van der Waals surface area (Å²) in [7, 11) is 0. The molecule has 0 spiro atoms. The van der Waals surface area contributed by atoms with Gasteiger partial charge in [0.2, 0.25) is 5.91 Å². The van der Waals surface area contributed by atoms with Gasteiger partial charge in [-0.2, -0.15) is 0 Å². The molecule has 6 nitrogen and oxygen atoms in total. The second-order valence-corrected chi connectivity index (χ2v) is 7.84. The zero-order chi connectivity index (χ0) is 19.9. The van der Waals surface area contributed by atoms with Gasteiger partial charge in [-0.25, -0.2) is 4.79 Å². The number of aryl methyl sites for hydroxylation is 1. The van der Waals surface area contributed by atoms with Gasteiger partial charge >= 0.3 is 6.03 Å². The number of hydrogen-bond donors (Lipinski definition) is 2. The first-order valence-corrected chi connectivity index (χ1v) is 10.3. The van der Waals surface area contributed by atoms with Crippen molar-refractivity contribution >= 4 is 17.6 Å². The van der Waals surface area contributed by atoms with E-state index in [0.717, 1.165) is 31.6 Å². The van der Waals surface area contributed by atoms with Crippen molar-refractivity contribution in [3.05, 3.63) is 42.5 Å². The highest BCUT2D eigenvalue weighted by Gasteiger charge is 2.37. The molecular weight excluding hydrogens is 352 g/mol. The summed E-state index contributed by atoms with van der Waals surface area (Å²) in [6.07, 6.45) is 6.28. The molecule has 3 rings (SSSR count). The first-order chi connectivity index (χ1) is 13.6. The average Bonchev–Trinajstić information content (AvgIpc) is 3.23. The third-order valence-corrected chi connectivity index (χ3v) is 5.83. The number of urea groups is 1. The second kappa shape index (κ2) is 9.73. The van der Waals surface area contributed by atoms with E-state index >= 15 is 0 Å². The van der Waals surface area contributed by atoms with E-state index in [-0.39, 0.29) is 18.0 Å². The summed E-state index contributed by atoms with van der Waals surface area (Å²) >= 11 is 0. The minimum Gasteiger partial charge on any atom is -0.335 e. The van der Waals surface area contributed by atoms with E-state index in [1.165, 1.54) is 18.4 Å². The summed E-state index contributed by atoms with van der Waals surface area (Å²) in [5.41, 5.74) is 2.03. The molecule has 1 aliphatic heterocycles. The van der Waals surface area contributed by atoms with Crippen LogP contribution < -0.4 is 10.6 Å². The molecule has 3 amide bonds. The van der Waals surface area contributed by atoms with E-state index in [1.54, 1.807) is 6.08 Å². The molecule has 0 unspecified atom stereocenters. The van der Waals surface area contributed by atoms with Crippen LogP contribution in [0.1, 0.15) is 31.2 Å². The standard InChI is InChI=1S/C22H32N4O2/c1-3-12-23-22(28)26-15-13-25(14-16-26)20(18-6-4-5-7-18)21(27)24-19-10-8-17(2)9-11-19/h3,8-11,18,20H,1,4-7,12-16H2,2H3,(H,23,28)(H,24,27)/t20-/m1/s1. The summed E-state index contributed by atoms with van der Waals surface area (Å²) < 4.78 is 0. The number of hydrogen-bond acceptors (Lipinski definition) is 3. The number of anilines is 1. The Morgan fingerprint density at radius 3 is 2.39 bits per heavy atom. The number of carbonyl (C=O) groups excluding carboxylic acids is 2. The molecule has 1 saturated heterocycles. The summed E-state index contributed by atoms with van der Waals surface area (Å²) in [5, 5.41) is 5.95. The molecule has 1 heterocycles. The normalized spacial score (nSPS) is 19.2. The molecule has 0 radical (unpaired) electrons. The smallest absolute Gasteiger partial charge is 0.317 e. The monoisotopic (exact) mass is 384 g/mol. The molecule has 2 N–H and O–H groups in total. The van der Waals surface area contributed by atoms with Crippen LogP contribution in [0.5, 0.6) is 0 Å². The predicted octanol–water partition coefficient (Wildman–Crippen LogP) is 3.01. The molecule has 152 valence electrons. The summed E-state index contributed by atoms with van der Waals surface area (Å²) in [5.74, 6) is 0.479. The highest BCUT2D eigenvalue weighted by atomic mass is 16.2. The predicted molar refractivity (Wildman–Crippen MR) is 112 cm³/mol. The van der Waals surface area contributed by atoms with Gasteiger partial charge in [-0.05, 0) is 37.8 Å². The molecule has 6 heteroatoms. The lowest BCUT2D eigenvalue weighted by molar-refractivity contribution is -0.123. The number of rotatable bonds is 6. The highest BCUT2D eigenvalue weighted by molar-refractivity contribution is 5.95. The van der Waals surface area contributed by atoms with Gasteiger partial charge in [0.1, 0.15) is 0 Å². The second-order valence-electron chi connectivity index (χ2n) is 7.84. The topological polar surface area (TPSA) is 64.7 Å². The molecule has 0 bridgehead atoms. The van der Waals surface area contributed by atoms with Gasteiger partial charge in [0.25, 0.3) is 0 Å². The van der Waals surface area contributed by atoms with Crippen molar-refractivity contribution in [2.45, 2.75) is 38.6 Å². The van der Waals surface area contributed by atoms with Crippen LogP contribution in [0.3, 0.4) is 0 Å². The van der Waals surface area contributed by atoms with Crippen molar-refractivity contribution < 1.29 is 9.59 Å². The Labute approximate surface area is 168 Å². The van der Waals surface area contributed by atoms with Gasteiger partial charge < -0.3 is 15.5 Å². The van der Waals surface area contributed by atoms with Gasteiger partial charge in [0, 0.05) is 38.4 Å². The van der Waals surface area contributed by atoms with E-state index in [1.807, 2.05) is 36.1 Å². The summed E-state index contributed by atoms with van der Waals surface area (Å²) in [4.78, 5) is 29.4. The highest BCUT2D eigenvalue weighted by Crippen LogP contribution is 2.31. The molecule has 1 atom stereocenters. The van der Waals surface area contributed by atoms with E-state index in [0.29, 0.717) is 25.6 Å². The maximum Gasteiger partial charge on any atom is 0.317 e. The van der Waals surface area contributed by atoms with E-state index < -0.39 is 0 Å². The summed E-state index contributed by atoms with van der Waals surface area (Å²) in [6.45, 7) is 8.88. The SMILES string of the molecule is C=CCNC(=O)N1CCN([C@@H](C(=O)Nc2ccc(C)cc2)C2CCCC2)CC1. The molecule has 0 aromatic heterocycles. The Bertz CT molecular complexity index is 674.